The second-order valence-electron chi connectivity index (χ2n) is 4.74. The Kier molecular flexibility index (Phi) is 4.56. The Labute approximate surface area is 119 Å². The van der Waals surface area contributed by atoms with E-state index in [-0.39, 0.29) is 0 Å². The van der Waals surface area contributed by atoms with E-state index in [1.165, 1.54) is 0 Å². The van der Waals surface area contributed by atoms with E-state index in [1.807, 2.05) is 37.4 Å². The molecule has 1 heterocycles. The van der Waals surface area contributed by atoms with E-state index >= 15 is 0 Å². The third-order valence-corrected chi connectivity index (χ3v) is 3.65. The Bertz CT molecular complexity index is 568. The fourth-order valence-corrected chi connectivity index (χ4v) is 2.51. The van der Waals surface area contributed by atoms with Crippen LogP contribution in [-0.2, 0) is 12.8 Å². The molecular formula is C16H18ClNO. The number of halogens is 1. The van der Waals surface area contributed by atoms with Crippen molar-refractivity contribution < 1.29 is 5.11 Å². The number of aliphatic hydroxyl groups is 1. The first kappa shape index (κ1) is 14.0. The summed E-state index contributed by atoms with van der Waals surface area (Å²) in [6.45, 7) is 4.07. The molecule has 0 amide bonds. The van der Waals surface area contributed by atoms with Gasteiger partial charge in [0.1, 0.15) is 0 Å². The number of aromatic nitrogens is 1. The van der Waals surface area contributed by atoms with Gasteiger partial charge in [-0.15, -0.1) is 0 Å². The molecule has 0 fully saturated rings. The highest BCUT2D eigenvalue weighted by atomic mass is 35.5. The standard InChI is InChI=1S/C16H18ClNO/c1-3-12-10-18-7-6-14(12)16(19)9-13-5-4-11(2)8-15(13)17/h4-8,10,16,19H,3,9H2,1-2H3. The van der Waals surface area contributed by atoms with E-state index in [0.717, 1.165) is 28.7 Å². The second-order valence-corrected chi connectivity index (χ2v) is 5.15. The molecule has 1 N–H and O–H groups in total. The lowest BCUT2D eigenvalue weighted by Gasteiger charge is -2.15. The lowest BCUT2D eigenvalue weighted by atomic mass is 9.97. The minimum absolute atomic E-state index is 0.524. The molecule has 0 bridgehead atoms. The van der Waals surface area contributed by atoms with Crippen LogP contribution in [0.25, 0.3) is 0 Å². The summed E-state index contributed by atoms with van der Waals surface area (Å²) in [5.74, 6) is 0. The van der Waals surface area contributed by atoms with Gasteiger partial charge in [0.25, 0.3) is 0 Å². The summed E-state index contributed by atoms with van der Waals surface area (Å²) in [6, 6.07) is 7.80. The topological polar surface area (TPSA) is 33.1 Å². The van der Waals surface area contributed by atoms with Crippen molar-refractivity contribution in [2.24, 2.45) is 0 Å². The Morgan fingerprint density at radius 3 is 2.74 bits per heavy atom. The monoisotopic (exact) mass is 275 g/mol. The molecule has 1 aromatic heterocycles. The van der Waals surface area contributed by atoms with Gasteiger partial charge in [0.15, 0.2) is 0 Å². The van der Waals surface area contributed by atoms with Crippen LogP contribution in [0.5, 0.6) is 0 Å². The molecular weight excluding hydrogens is 258 g/mol. The predicted octanol–water partition coefficient (Wildman–Crippen LogP) is 3.88. The van der Waals surface area contributed by atoms with Crippen LogP contribution in [0.1, 0.15) is 35.3 Å². The minimum Gasteiger partial charge on any atom is -0.388 e. The molecule has 0 saturated heterocycles. The van der Waals surface area contributed by atoms with Crippen molar-refractivity contribution >= 4 is 11.6 Å². The maximum atomic E-state index is 10.4. The van der Waals surface area contributed by atoms with Crippen molar-refractivity contribution in [1.29, 1.82) is 0 Å². The SMILES string of the molecule is CCc1cnccc1C(O)Cc1ccc(C)cc1Cl. The molecule has 1 atom stereocenters. The van der Waals surface area contributed by atoms with Crippen molar-refractivity contribution in [2.45, 2.75) is 32.8 Å². The van der Waals surface area contributed by atoms with Crippen LogP contribution in [-0.4, -0.2) is 10.1 Å². The molecule has 0 aliphatic heterocycles. The van der Waals surface area contributed by atoms with Gasteiger partial charge in [0.05, 0.1) is 6.10 Å². The zero-order valence-corrected chi connectivity index (χ0v) is 12.0. The largest absolute Gasteiger partial charge is 0.388 e. The molecule has 0 spiro atoms. The first-order chi connectivity index (χ1) is 9.11. The van der Waals surface area contributed by atoms with Gasteiger partial charge in [0.2, 0.25) is 0 Å². The lowest BCUT2D eigenvalue weighted by molar-refractivity contribution is 0.177. The summed E-state index contributed by atoms with van der Waals surface area (Å²) in [7, 11) is 0. The molecule has 0 aliphatic rings. The highest BCUT2D eigenvalue weighted by Gasteiger charge is 2.14. The van der Waals surface area contributed by atoms with E-state index in [2.05, 4.69) is 11.9 Å². The van der Waals surface area contributed by atoms with Crippen LogP contribution in [0, 0.1) is 6.92 Å². The van der Waals surface area contributed by atoms with Gasteiger partial charge < -0.3 is 5.11 Å². The van der Waals surface area contributed by atoms with Crippen molar-refractivity contribution in [3.05, 3.63) is 63.9 Å². The summed E-state index contributed by atoms with van der Waals surface area (Å²) in [5, 5.41) is 11.1. The zero-order valence-electron chi connectivity index (χ0n) is 11.2. The zero-order chi connectivity index (χ0) is 13.8. The van der Waals surface area contributed by atoms with E-state index in [1.54, 1.807) is 6.20 Å². The molecule has 1 unspecified atom stereocenters. The highest BCUT2D eigenvalue weighted by molar-refractivity contribution is 6.31. The van der Waals surface area contributed by atoms with Crippen LogP contribution < -0.4 is 0 Å². The Morgan fingerprint density at radius 1 is 1.26 bits per heavy atom. The molecule has 100 valence electrons. The third-order valence-electron chi connectivity index (χ3n) is 3.30. The molecule has 2 aromatic rings. The summed E-state index contributed by atoms with van der Waals surface area (Å²) in [6.07, 6.45) is 4.38. The highest BCUT2D eigenvalue weighted by Crippen LogP contribution is 2.26. The van der Waals surface area contributed by atoms with Crippen molar-refractivity contribution in [3.8, 4) is 0 Å². The molecule has 0 saturated carbocycles. The maximum absolute atomic E-state index is 10.4. The quantitative estimate of drug-likeness (QED) is 0.918. The minimum atomic E-state index is -0.543. The fourth-order valence-electron chi connectivity index (χ4n) is 2.19. The van der Waals surface area contributed by atoms with E-state index < -0.39 is 6.10 Å². The van der Waals surface area contributed by atoms with Gasteiger partial charge in [0, 0.05) is 23.8 Å². The third kappa shape index (κ3) is 3.34. The summed E-state index contributed by atoms with van der Waals surface area (Å²) < 4.78 is 0. The van der Waals surface area contributed by atoms with Crippen molar-refractivity contribution in [1.82, 2.24) is 4.98 Å². The van der Waals surface area contributed by atoms with Crippen LogP contribution in [0.2, 0.25) is 5.02 Å². The van der Waals surface area contributed by atoms with Gasteiger partial charge in [-0.25, -0.2) is 0 Å². The maximum Gasteiger partial charge on any atom is 0.0834 e. The van der Waals surface area contributed by atoms with Crippen LogP contribution in [0.3, 0.4) is 0 Å². The molecule has 0 radical (unpaired) electrons. The molecule has 3 heteroatoms. The van der Waals surface area contributed by atoms with Gasteiger partial charge in [-0.3, -0.25) is 4.98 Å². The Balaban J connectivity index is 2.23. The van der Waals surface area contributed by atoms with E-state index in [9.17, 15) is 5.11 Å². The Hall–Kier alpha value is -1.38. The number of nitrogens with zero attached hydrogens (tertiary/aromatic N) is 1. The first-order valence-electron chi connectivity index (χ1n) is 6.47. The average Bonchev–Trinajstić information content (AvgIpc) is 2.41. The number of pyridine rings is 1. The predicted molar refractivity (Wildman–Crippen MR) is 78.5 cm³/mol. The smallest absolute Gasteiger partial charge is 0.0834 e. The number of hydrogen-bond donors (Lipinski definition) is 1. The summed E-state index contributed by atoms with van der Waals surface area (Å²) >= 11 is 6.21. The second kappa shape index (κ2) is 6.18. The van der Waals surface area contributed by atoms with Gasteiger partial charge in [-0.2, -0.15) is 0 Å². The number of rotatable bonds is 4. The van der Waals surface area contributed by atoms with E-state index in [0.29, 0.717) is 11.4 Å². The lowest BCUT2D eigenvalue weighted by Crippen LogP contribution is -2.06. The van der Waals surface area contributed by atoms with Crippen molar-refractivity contribution in [3.63, 3.8) is 0 Å². The summed E-state index contributed by atoms with van der Waals surface area (Å²) in [4.78, 5) is 4.10. The molecule has 0 aliphatic carbocycles. The number of aryl methyl sites for hydroxylation is 2. The normalized spacial score (nSPS) is 12.4. The van der Waals surface area contributed by atoms with Crippen molar-refractivity contribution in [2.75, 3.05) is 0 Å². The molecule has 1 aromatic carbocycles. The van der Waals surface area contributed by atoms with Crippen LogP contribution in [0.4, 0.5) is 0 Å². The number of benzene rings is 1. The van der Waals surface area contributed by atoms with Gasteiger partial charge >= 0.3 is 0 Å². The van der Waals surface area contributed by atoms with E-state index in [4.69, 9.17) is 11.6 Å². The Morgan fingerprint density at radius 2 is 2.05 bits per heavy atom. The number of aliphatic hydroxyl groups excluding tert-OH is 1. The van der Waals surface area contributed by atoms with Gasteiger partial charge in [-0.1, -0.05) is 30.7 Å². The van der Waals surface area contributed by atoms with Crippen LogP contribution >= 0.6 is 11.6 Å². The molecule has 2 rings (SSSR count). The fraction of sp³-hybridized carbons (Fsp3) is 0.312. The first-order valence-corrected chi connectivity index (χ1v) is 6.85. The molecule has 2 nitrogen and oxygen atoms in total. The average molecular weight is 276 g/mol. The molecule has 19 heavy (non-hydrogen) atoms. The van der Waals surface area contributed by atoms with Crippen LogP contribution in [0.15, 0.2) is 36.7 Å². The number of hydrogen-bond acceptors (Lipinski definition) is 2. The van der Waals surface area contributed by atoms with Gasteiger partial charge in [-0.05, 0) is 47.7 Å². The summed E-state index contributed by atoms with van der Waals surface area (Å²) in [5.41, 5.74) is 4.12.